The van der Waals surface area contributed by atoms with Gasteiger partial charge < -0.3 is 10.3 Å². The van der Waals surface area contributed by atoms with Crippen molar-refractivity contribution in [3.8, 4) is 0 Å². The lowest BCUT2D eigenvalue weighted by atomic mass is 9.83. The van der Waals surface area contributed by atoms with Gasteiger partial charge in [-0.15, -0.1) is 0 Å². The zero-order valence-electron chi connectivity index (χ0n) is 12.5. The Balaban J connectivity index is 1.95. The van der Waals surface area contributed by atoms with E-state index in [1.54, 1.807) is 0 Å². The molecule has 22 heavy (non-hydrogen) atoms. The summed E-state index contributed by atoms with van der Waals surface area (Å²) in [6.07, 6.45) is 1.88. The molecule has 0 bridgehead atoms. The molecule has 0 aliphatic carbocycles. The smallest absolute Gasteiger partial charge is 0.234 e. The summed E-state index contributed by atoms with van der Waals surface area (Å²) < 4.78 is 0. The van der Waals surface area contributed by atoms with Gasteiger partial charge in [0.15, 0.2) is 0 Å². The molecule has 4 heteroatoms. The van der Waals surface area contributed by atoms with Crippen molar-refractivity contribution in [2.24, 2.45) is 0 Å². The third-order valence-corrected chi connectivity index (χ3v) is 4.15. The summed E-state index contributed by atoms with van der Waals surface area (Å²) in [4.78, 5) is 15.9. The highest BCUT2D eigenvalue weighted by Gasteiger charge is 2.32. The summed E-state index contributed by atoms with van der Waals surface area (Å²) in [5.74, 6) is -0.0467. The average Bonchev–Trinajstić information content (AvgIpc) is 2.91. The zero-order chi connectivity index (χ0) is 15.7. The van der Waals surface area contributed by atoms with Gasteiger partial charge >= 0.3 is 0 Å². The number of anilines is 1. The first-order valence-corrected chi connectivity index (χ1v) is 7.50. The van der Waals surface area contributed by atoms with Gasteiger partial charge in [-0.3, -0.25) is 4.79 Å². The summed E-state index contributed by atoms with van der Waals surface area (Å²) in [5.41, 5.74) is 2.02. The molecule has 0 fully saturated rings. The van der Waals surface area contributed by atoms with E-state index < -0.39 is 5.41 Å². The maximum Gasteiger partial charge on any atom is 0.234 e. The van der Waals surface area contributed by atoms with Gasteiger partial charge in [0.05, 0.1) is 5.41 Å². The van der Waals surface area contributed by atoms with E-state index in [9.17, 15) is 4.79 Å². The number of rotatable bonds is 3. The van der Waals surface area contributed by atoms with Crippen molar-refractivity contribution in [2.45, 2.75) is 19.3 Å². The van der Waals surface area contributed by atoms with Crippen molar-refractivity contribution >= 4 is 34.1 Å². The van der Waals surface area contributed by atoms with Crippen LogP contribution in [0.1, 0.15) is 19.4 Å². The molecule has 0 aliphatic rings. The normalized spacial score (nSPS) is 11.6. The third-order valence-electron chi connectivity index (χ3n) is 3.92. The minimum atomic E-state index is -0.665. The number of benzene rings is 2. The Bertz CT molecular complexity index is 821. The van der Waals surface area contributed by atoms with Gasteiger partial charge in [0, 0.05) is 27.8 Å². The Labute approximate surface area is 134 Å². The molecular formula is C18H17ClN2O. The second-order valence-corrected chi connectivity index (χ2v) is 6.27. The fraction of sp³-hybridized carbons (Fsp3) is 0.167. The van der Waals surface area contributed by atoms with Crippen LogP contribution >= 0.6 is 11.6 Å². The van der Waals surface area contributed by atoms with E-state index in [1.165, 1.54) is 0 Å². The van der Waals surface area contributed by atoms with Crippen molar-refractivity contribution in [3.63, 3.8) is 0 Å². The highest BCUT2D eigenvalue weighted by molar-refractivity contribution is 6.31. The fourth-order valence-electron chi connectivity index (χ4n) is 2.55. The van der Waals surface area contributed by atoms with Crippen molar-refractivity contribution < 1.29 is 4.79 Å². The van der Waals surface area contributed by atoms with E-state index in [0.717, 1.165) is 22.2 Å². The Hall–Kier alpha value is -2.26. The van der Waals surface area contributed by atoms with E-state index in [1.807, 2.05) is 68.6 Å². The van der Waals surface area contributed by atoms with Crippen LogP contribution in [0.15, 0.2) is 54.7 Å². The first-order valence-electron chi connectivity index (χ1n) is 7.12. The number of aromatic nitrogens is 1. The van der Waals surface area contributed by atoms with Gasteiger partial charge in [0.1, 0.15) is 0 Å². The molecule has 0 spiro atoms. The second kappa shape index (κ2) is 5.50. The van der Waals surface area contributed by atoms with Crippen LogP contribution < -0.4 is 5.32 Å². The monoisotopic (exact) mass is 312 g/mol. The van der Waals surface area contributed by atoms with Gasteiger partial charge in [-0.25, -0.2) is 0 Å². The van der Waals surface area contributed by atoms with Gasteiger partial charge in [0.2, 0.25) is 5.91 Å². The fourth-order valence-corrected chi connectivity index (χ4v) is 2.72. The minimum Gasteiger partial charge on any atom is -0.361 e. The number of amides is 1. The largest absolute Gasteiger partial charge is 0.361 e. The highest BCUT2D eigenvalue weighted by Crippen LogP contribution is 2.32. The van der Waals surface area contributed by atoms with Crippen LogP contribution in [0.5, 0.6) is 0 Å². The number of carbonyl (C=O) groups is 1. The summed E-state index contributed by atoms with van der Waals surface area (Å²) in [5, 5.41) is 4.65. The van der Waals surface area contributed by atoms with Crippen LogP contribution in [0, 0.1) is 0 Å². The highest BCUT2D eigenvalue weighted by atomic mass is 35.5. The lowest BCUT2D eigenvalue weighted by molar-refractivity contribution is -0.120. The number of carbonyl (C=O) groups excluding carboxylic acids is 1. The van der Waals surface area contributed by atoms with E-state index in [2.05, 4.69) is 10.3 Å². The Morgan fingerprint density at radius 2 is 1.86 bits per heavy atom. The van der Waals surface area contributed by atoms with E-state index >= 15 is 0 Å². The van der Waals surface area contributed by atoms with Crippen LogP contribution in [-0.2, 0) is 10.2 Å². The maximum atomic E-state index is 12.7. The van der Waals surface area contributed by atoms with Crippen LogP contribution in [0.2, 0.25) is 5.02 Å². The SMILES string of the molecule is CC(C)(C(=O)Nc1ccccc1)c1c[nH]c2cc(Cl)ccc12. The van der Waals surface area contributed by atoms with Crippen molar-refractivity contribution in [1.29, 1.82) is 0 Å². The number of nitrogens with one attached hydrogen (secondary N) is 2. The maximum absolute atomic E-state index is 12.7. The summed E-state index contributed by atoms with van der Waals surface area (Å²) in [6, 6.07) is 15.1. The topological polar surface area (TPSA) is 44.9 Å². The molecular weight excluding hydrogens is 296 g/mol. The van der Waals surface area contributed by atoms with Gasteiger partial charge in [-0.1, -0.05) is 35.9 Å². The molecule has 3 nitrogen and oxygen atoms in total. The molecule has 2 N–H and O–H groups in total. The predicted octanol–water partition coefficient (Wildman–Crippen LogP) is 4.74. The Morgan fingerprint density at radius 3 is 2.59 bits per heavy atom. The first kappa shape index (κ1) is 14.7. The van der Waals surface area contributed by atoms with Gasteiger partial charge in [0.25, 0.3) is 0 Å². The summed E-state index contributed by atoms with van der Waals surface area (Å²) >= 11 is 6.01. The van der Waals surface area contributed by atoms with Crippen molar-refractivity contribution in [3.05, 3.63) is 65.3 Å². The number of hydrogen-bond donors (Lipinski definition) is 2. The molecule has 0 unspecified atom stereocenters. The molecule has 0 saturated carbocycles. The number of hydrogen-bond acceptors (Lipinski definition) is 1. The van der Waals surface area contributed by atoms with Crippen LogP contribution in [0.4, 0.5) is 5.69 Å². The first-order chi connectivity index (χ1) is 10.5. The summed E-state index contributed by atoms with van der Waals surface area (Å²) in [6.45, 7) is 3.84. The van der Waals surface area contributed by atoms with E-state index in [4.69, 9.17) is 11.6 Å². The molecule has 0 saturated heterocycles. The molecule has 1 aromatic heterocycles. The standard InChI is InChI=1S/C18H17ClN2O/c1-18(2,17(22)21-13-6-4-3-5-7-13)15-11-20-16-10-12(19)8-9-14(15)16/h3-11,20H,1-2H3,(H,21,22). The molecule has 1 amide bonds. The van der Waals surface area contributed by atoms with Crippen molar-refractivity contribution in [2.75, 3.05) is 5.32 Å². The van der Waals surface area contributed by atoms with Gasteiger partial charge in [-0.2, -0.15) is 0 Å². The Kier molecular flexibility index (Phi) is 3.67. The molecule has 2 aromatic carbocycles. The van der Waals surface area contributed by atoms with Gasteiger partial charge in [-0.05, 0) is 43.7 Å². The van der Waals surface area contributed by atoms with Crippen LogP contribution in [-0.4, -0.2) is 10.9 Å². The molecule has 0 atom stereocenters. The molecule has 0 aliphatic heterocycles. The number of aromatic amines is 1. The quantitative estimate of drug-likeness (QED) is 0.721. The van der Waals surface area contributed by atoms with Crippen LogP contribution in [0.25, 0.3) is 10.9 Å². The average molecular weight is 313 g/mol. The molecule has 1 heterocycles. The molecule has 3 rings (SSSR count). The van der Waals surface area contributed by atoms with Crippen molar-refractivity contribution in [1.82, 2.24) is 4.98 Å². The molecule has 112 valence electrons. The summed E-state index contributed by atoms with van der Waals surface area (Å²) in [7, 11) is 0. The Morgan fingerprint density at radius 1 is 1.14 bits per heavy atom. The van der Waals surface area contributed by atoms with E-state index in [-0.39, 0.29) is 5.91 Å². The number of para-hydroxylation sites is 1. The van der Waals surface area contributed by atoms with E-state index in [0.29, 0.717) is 5.02 Å². The number of fused-ring (bicyclic) bond motifs is 1. The minimum absolute atomic E-state index is 0.0467. The second-order valence-electron chi connectivity index (χ2n) is 5.84. The lowest BCUT2D eigenvalue weighted by Gasteiger charge is -2.23. The lowest BCUT2D eigenvalue weighted by Crippen LogP contribution is -2.34. The number of H-pyrrole nitrogens is 1. The van der Waals surface area contributed by atoms with Crippen LogP contribution in [0.3, 0.4) is 0 Å². The molecule has 3 aromatic rings. The predicted molar refractivity (Wildman–Crippen MR) is 91.4 cm³/mol. The number of halogens is 1. The molecule has 0 radical (unpaired) electrons. The zero-order valence-corrected chi connectivity index (χ0v) is 13.2. The third kappa shape index (κ3) is 2.60.